The van der Waals surface area contributed by atoms with Crippen molar-refractivity contribution in [3.8, 4) is 0 Å². The van der Waals surface area contributed by atoms with Gasteiger partial charge in [-0.2, -0.15) is 0 Å². The van der Waals surface area contributed by atoms with Crippen LogP contribution in [0.3, 0.4) is 0 Å². The molecule has 0 aliphatic rings. The molecule has 0 aromatic rings. The zero-order valence-corrected chi connectivity index (χ0v) is 7.72. The van der Waals surface area contributed by atoms with Crippen LogP contribution < -0.4 is 5.32 Å². The Bertz CT molecular complexity index is 78.5. The first-order valence-corrected chi connectivity index (χ1v) is 4.05. The second-order valence-electron chi connectivity index (χ2n) is 2.61. The molecule has 11 heavy (non-hydrogen) atoms. The lowest BCUT2D eigenvalue weighted by molar-refractivity contribution is 0.0919. The SMILES string of the molecule is CNC(C)COCCCOC. The molecule has 1 unspecified atom stereocenters. The highest BCUT2D eigenvalue weighted by molar-refractivity contribution is 4.53. The van der Waals surface area contributed by atoms with Gasteiger partial charge in [-0.05, 0) is 20.4 Å². The summed E-state index contributed by atoms with van der Waals surface area (Å²) in [6.45, 7) is 4.45. The molecule has 68 valence electrons. The Morgan fingerprint density at radius 1 is 1.36 bits per heavy atom. The molecule has 0 aromatic heterocycles. The molecule has 0 bridgehead atoms. The molecule has 3 heteroatoms. The van der Waals surface area contributed by atoms with Gasteiger partial charge in [-0.15, -0.1) is 0 Å². The van der Waals surface area contributed by atoms with Crippen LogP contribution in [0.25, 0.3) is 0 Å². The molecule has 0 spiro atoms. The van der Waals surface area contributed by atoms with Crippen LogP contribution in [-0.2, 0) is 9.47 Å². The molecule has 0 amide bonds. The average molecular weight is 161 g/mol. The first kappa shape index (κ1) is 10.9. The van der Waals surface area contributed by atoms with Gasteiger partial charge < -0.3 is 14.8 Å². The molecule has 3 nitrogen and oxygen atoms in total. The Morgan fingerprint density at radius 3 is 2.64 bits per heavy atom. The second kappa shape index (κ2) is 7.98. The third-order valence-corrected chi connectivity index (χ3v) is 1.50. The topological polar surface area (TPSA) is 30.5 Å². The number of likely N-dealkylation sites (N-methyl/N-ethyl adjacent to an activating group) is 1. The highest BCUT2D eigenvalue weighted by Gasteiger charge is 1.96. The first-order valence-electron chi connectivity index (χ1n) is 4.05. The normalized spacial score (nSPS) is 13.4. The summed E-state index contributed by atoms with van der Waals surface area (Å²) in [7, 11) is 3.64. The minimum absolute atomic E-state index is 0.442. The van der Waals surface area contributed by atoms with Gasteiger partial charge in [0.25, 0.3) is 0 Å². The fraction of sp³-hybridized carbons (Fsp3) is 1.00. The summed E-state index contributed by atoms with van der Waals surface area (Å²) in [5.74, 6) is 0. The number of hydrogen-bond donors (Lipinski definition) is 1. The van der Waals surface area contributed by atoms with Gasteiger partial charge in [0, 0.05) is 26.4 Å². The van der Waals surface area contributed by atoms with E-state index >= 15 is 0 Å². The summed E-state index contributed by atoms with van der Waals surface area (Å²) >= 11 is 0. The molecular formula is C8H19NO2. The van der Waals surface area contributed by atoms with Crippen LogP contribution >= 0.6 is 0 Å². The van der Waals surface area contributed by atoms with Crippen LogP contribution in [0.15, 0.2) is 0 Å². The molecule has 0 rings (SSSR count). The lowest BCUT2D eigenvalue weighted by atomic mass is 10.4. The highest BCUT2D eigenvalue weighted by atomic mass is 16.5. The maximum atomic E-state index is 5.35. The molecule has 0 radical (unpaired) electrons. The largest absolute Gasteiger partial charge is 0.385 e. The lowest BCUT2D eigenvalue weighted by Crippen LogP contribution is -2.26. The van der Waals surface area contributed by atoms with E-state index in [1.807, 2.05) is 7.05 Å². The molecule has 0 saturated heterocycles. The van der Waals surface area contributed by atoms with Crippen molar-refractivity contribution >= 4 is 0 Å². The van der Waals surface area contributed by atoms with E-state index in [1.54, 1.807) is 7.11 Å². The summed E-state index contributed by atoms with van der Waals surface area (Å²) in [5.41, 5.74) is 0. The van der Waals surface area contributed by atoms with Crippen LogP contribution in [0.4, 0.5) is 0 Å². The Labute approximate surface area is 69.1 Å². The van der Waals surface area contributed by atoms with Gasteiger partial charge in [0.05, 0.1) is 6.61 Å². The Hall–Kier alpha value is -0.120. The van der Waals surface area contributed by atoms with Crippen molar-refractivity contribution in [2.24, 2.45) is 0 Å². The maximum absolute atomic E-state index is 5.35. The van der Waals surface area contributed by atoms with Crippen molar-refractivity contribution in [3.63, 3.8) is 0 Å². The van der Waals surface area contributed by atoms with E-state index < -0.39 is 0 Å². The number of ether oxygens (including phenoxy) is 2. The van der Waals surface area contributed by atoms with Crippen molar-refractivity contribution in [3.05, 3.63) is 0 Å². The Balaban J connectivity index is 2.89. The van der Waals surface area contributed by atoms with Crippen molar-refractivity contribution in [2.75, 3.05) is 34.0 Å². The number of methoxy groups -OCH3 is 1. The van der Waals surface area contributed by atoms with Gasteiger partial charge in [-0.25, -0.2) is 0 Å². The first-order chi connectivity index (χ1) is 5.31. The van der Waals surface area contributed by atoms with Crippen molar-refractivity contribution in [1.29, 1.82) is 0 Å². The van der Waals surface area contributed by atoms with E-state index in [9.17, 15) is 0 Å². The average Bonchev–Trinajstić information content (AvgIpc) is 2.04. The lowest BCUT2D eigenvalue weighted by Gasteiger charge is -2.09. The van der Waals surface area contributed by atoms with Gasteiger partial charge >= 0.3 is 0 Å². The fourth-order valence-corrected chi connectivity index (χ4v) is 0.649. The third kappa shape index (κ3) is 7.78. The molecule has 0 aromatic carbocycles. The van der Waals surface area contributed by atoms with Crippen LogP contribution in [0.5, 0.6) is 0 Å². The van der Waals surface area contributed by atoms with Gasteiger partial charge in [0.2, 0.25) is 0 Å². The zero-order valence-electron chi connectivity index (χ0n) is 7.72. The molecule has 0 heterocycles. The van der Waals surface area contributed by atoms with Crippen LogP contribution in [0, 0.1) is 0 Å². The second-order valence-corrected chi connectivity index (χ2v) is 2.61. The van der Waals surface area contributed by atoms with E-state index in [4.69, 9.17) is 9.47 Å². The van der Waals surface area contributed by atoms with Crippen molar-refractivity contribution in [1.82, 2.24) is 5.32 Å². The van der Waals surface area contributed by atoms with Gasteiger partial charge in [-0.3, -0.25) is 0 Å². The van der Waals surface area contributed by atoms with Crippen LogP contribution in [-0.4, -0.2) is 40.0 Å². The summed E-state index contributed by atoms with van der Waals surface area (Å²) in [5, 5.41) is 3.10. The highest BCUT2D eigenvalue weighted by Crippen LogP contribution is 1.86. The van der Waals surface area contributed by atoms with Crippen molar-refractivity contribution in [2.45, 2.75) is 19.4 Å². The summed E-state index contributed by atoms with van der Waals surface area (Å²) in [6, 6.07) is 0.442. The van der Waals surface area contributed by atoms with Crippen molar-refractivity contribution < 1.29 is 9.47 Å². The predicted octanol–water partition coefficient (Wildman–Crippen LogP) is 0.647. The summed E-state index contributed by atoms with van der Waals surface area (Å²) in [4.78, 5) is 0. The molecule has 0 aliphatic heterocycles. The van der Waals surface area contributed by atoms with E-state index in [2.05, 4.69) is 12.2 Å². The number of rotatable bonds is 7. The molecule has 1 atom stereocenters. The smallest absolute Gasteiger partial charge is 0.0616 e. The number of nitrogens with one attached hydrogen (secondary N) is 1. The van der Waals surface area contributed by atoms with Gasteiger partial charge in [-0.1, -0.05) is 0 Å². The summed E-state index contributed by atoms with van der Waals surface area (Å²) in [6.07, 6.45) is 0.979. The Kier molecular flexibility index (Phi) is 7.89. The fourth-order valence-electron chi connectivity index (χ4n) is 0.649. The minimum Gasteiger partial charge on any atom is -0.385 e. The van der Waals surface area contributed by atoms with Gasteiger partial charge in [0.1, 0.15) is 0 Å². The standard InChI is InChI=1S/C8H19NO2/c1-8(9-2)7-11-6-4-5-10-3/h8-9H,4-7H2,1-3H3. The monoisotopic (exact) mass is 161 g/mol. The predicted molar refractivity (Wildman–Crippen MR) is 45.8 cm³/mol. The van der Waals surface area contributed by atoms with E-state index in [0.29, 0.717) is 6.04 Å². The molecular weight excluding hydrogens is 142 g/mol. The molecule has 0 fully saturated rings. The number of hydrogen-bond acceptors (Lipinski definition) is 3. The van der Waals surface area contributed by atoms with Crippen LogP contribution in [0.1, 0.15) is 13.3 Å². The van der Waals surface area contributed by atoms with E-state index in [-0.39, 0.29) is 0 Å². The van der Waals surface area contributed by atoms with E-state index in [1.165, 1.54) is 0 Å². The summed E-state index contributed by atoms with van der Waals surface area (Å²) < 4.78 is 10.2. The van der Waals surface area contributed by atoms with Crippen LogP contribution in [0.2, 0.25) is 0 Å². The molecule has 0 saturated carbocycles. The maximum Gasteiger partial charge on any atom is 0.0616 e. The third-order valence-electron chi connectivity index (χ3n) is 1.50. The minimum atomic E-state index is 0.442. The molecule has 0 aliphatic carbocycles. The molecule has 1 N–H and O–H groups in total. The Morgan fingerprint density at radius 2 is 2.09 bits per heavy atom. The van der Waals surface area contributed by atoms with E-state index in [0.717, 1.165) is 26.2 Å². The zero-order chi connectivity index (χ0) is 8.53. The quantitative estimate of drug-likeness (QED) is 0.556. The van der Waals surface area contributed by atoms with Gasteiger partial charge in [0.15, 0.2) is 0 Å².